The number of carbonyl (C=O) groups excluding carboxylic acids is 4. The van der Waals surface area contributed by atoms with E-state index in [-0.39, 0.29) is 37.6 Å². The molecule has 4 atom stereocenters. The molecule has 4 rings (SSSR count). The van der Waals surface area contributed by atoms with Crippen molar-refractivity contribution in [3.05, 3.63) is 108 Å². The number of hydrogen-bond donors (Lipinski definition) is 6. The maximum atomic E-state index is 13.8. The highest BCUT2D eigenvalue weighted by Gasteiger charge is 2.45. The van der Waals surface area contributed by atoms with Crippen LogP contribution in [0.25, 0.3) is 0 Å². The van der Waals surface area contributed by atoms with Crippen LogP contribution in [0.3, 0.4) is 0 Å². The molecule has 1 heterocycles. The highest BCUT2D eigenvalue weighted by atomic mass is 32.1. The fourth-order valence-electron chi connectivity index (χ4n) is 5.05. The maximum Gasteiger partial charge on any atom is 0.264 e. The molecule has 5 N–H and O–H groups in total. The van der Waals surface area contributed by atoms with Crippen LogP contribution in [0.1, 0.15) is 36.0 Å². The van der Waals surface area contributed by atoms with Gasteiger partial charge in [0.15, 0.2) is 0 Å². The summed E-state index contributed by atoms with van der Waals surface area (Å²) in [7, 11) is 0. The number of thiol groups is 1. The molecule has 1 saturated heterocycles. The molecule has 3 aromatic rings. The highest BCUT2D eigenvalue weighted by Crippen LogP contribution is 2.26. The minimum atomic E-state index is -2.35. The van der Waals surface area contributed by atoms with Gasteiger partial charge in [0, 0.05) is 31.8 Å². The number of hydrogen-bond acceptors (Lipinski definition) is 6. The molecule has 3 aromatic carbocycles. The second-order valence-electron chi connectivity index (χ2n) is 10.8. The van der Waals surface area contributed by atoms with E-state index in [2.05, 4.69) is 33.9 Å². The third-order valence-electron chi connectivity index (χ3n) is 7.53. The summed E-state index contributed by atoms with van der Waals surface area (Å²) in [5, 5.41) is 22.4. The number of aryl methyl sites for hydroxylation is 1. The predicted octanol–water partition coefficient (Wildman–Crippen LogP) is 2.29. The van der Waals surface area contributed by atoms with Crippen molar-refractivity contribution in [3.8, 4) is 0 Å². The number of carbonyl (C=O) groups is 4. The van der Waals surface area contributed by atoms with Crippen molar-refractivity contribution in [2.24, 2.45) is 5.92 Å². The Morgan fingerprint density at radius 1 is 0.884 bits per heavy atom. The van der Waals surface area contributed by atoms with Gasteiger partial charge in [-0.2, -0.15) is 0 Å². The SMILES string of the molecule is O=C(CCc1ccccc1)N[C@@H](Cc1ccccc1)C(=O)N[C@@H](C[C@@H]1CCNC1=O)[C@@](O)(S)C(=O)NCc1ccccc1. The van der Waals surface area contributed by atoms with Crippen LogP contribution in [-0.2, 0) is 38.6 Å². The van der Waals surface area contributed by atoms with E-state index in [1.165, 1.54) is 0 Å². The number of benzene rings is 3. The minimum absolute atomic E-state index is 0.0175. The van der Waals surface area contributed by atoms with Gasteiger partial charge in [-0.1, -0.05) is 91.0 Å². The Hall–Kier alpha value is -4.15. The smallest absolute Gasteiger partial charge is 0.264 e. The molecule has 0 spiro atoms. The van der Waals surface area contributed by atoms with Gasteiger partial charge in [0.05, 0.1) is 6.04 Å². The molecular weight excluding hydrogens is 564 g/mol. The van der Waals surface area contributed by atoms with Crippen LogP contribution in [0.15, 0.2) is 91.0 Å². The van der Waals surface area contributed by atoms with Crippen molar-refractivity contribution in [1.29, 1.82) is 0 Å². The fourth-order valence-corrected chi connectivity index (χ4v) is 5.29. The van der Waals surface area contributed by atoms with E-state index >= 15 is 0 Å². The fraction of sp³-hybridized carbons (Fsp3) is 0.333. The van der Waals surface area contributed by atoms with Crippen LogP contribution in [0.4, 0.5) is 0 Å². The van der Waals surface area contributed by atoms with Crippen LogP contribution in [0.2, 0.25) is 0 Å². The van der Waals surface area contributed by atoms with Crippen molar-refractivity contribution >= 4 is 36.3 Å². The van der Waals surface area contributed by atoms with Crippen molar-refractivity contribution in [3.63, 3.8) is 0 Å². The maximum absolute atomic E-state index is 13.8. The van der Waals surface area contributed by atoms with Crippen molar-refractivity contribution in [2.75, 3.05) is 6.54 Å². The molecule has 226 valence electrons. The lowest BCUT2D eigenvalue weighted by Gasteiger charge is -2.34. The van der Waals surface area contributed by atoms with Gasteiger partial charge in [0.2, 0.25) is 22.7 Å². The van der Waals surface area contributed by atoms with E-state index in [0.29, 0.717) is 19.4 Å². The van der Waals surface area contributed by atoms with Gasteiger partial charge in [-0.3, -0.25) is 19.2 Å². The number of rotatable bonds is 14. The van der Waals surface area contributed by atoms with E-state index in [1.807, 2.05) is 91.0 Å². The second-order valence-corrected chi connectivity index (χ2v) is 11.4. The third-order valence-corrected chi connectivity index (χ3v) is 8.05. The normalized spacial score (nSPS) is 17.2. The van der Waals surface area contributed by atoms with Gasteiger partial charge < -0.3 is 26.4 Å². The quantitative estimate of drug-likeness (QED) is 0.124. The zero-order valence-corrected chi connectivity index (χ0v) is 24.8. The molecule has 0 saturated carbocycles. The van der Waals surface area contributed by atoms with Crippen LogP contribution in [0, 0.1) is 5.92 Å². The molecule has 1 aliphatic heterocycles. The van der Waals surface area contributed by atoms with E-state index in [0.717, 1.165) is 16.7 Å². The van der Waals surface area contributed by atoms with Gasteiger partial charge in [0.1, 0.15) is 6.04 Å². The van der Waals surface area contributed by atoms with Gasteiger partial charge in [0.25, 0.3) is 5.91 Å². The topological polar surface area (TPSA) is 137 Å². The average Bonchev–Trinajstić information content (AvgIpc) is 3.43. The summed E-state index contributed by atoms with van der Waals surface area (Å²) >= 11 is 4.32. The molecule has 1 fully saturated rings. The molecule has 0 radical (unpaired) electrons. The van der Waals surface area contributed by atoms with Crippen molar-refractivity contribution in [1.82, 2.24) is 21.3 Å². The molecule has 9 nitrogen and oxygen atoms in total. The molecule has 0 bridgehead atoms. The molecule has 1 aliphatic rings. The summed E-state index contributed by atoms with van der Waals surface area (Å²) in [6.07, 6.45) is 1.34. The molecule has 4 amide bonds. The van der Waals surface area contributed by atoms with Crippen LogP contribution < -0.4 is 21.3 Å². The largest absolute Gasteiger partial charge is 0.369 e. The van der Waals surface area contributed by atoms with Crippen molar-refractivity contribution in [2.45, 2.75) is 55.7 Å². The Morgan fingerprint density at radius 2 is 1.47 bits per heavy atom. The second kappa shape index (κ2) is 15.4. The first kappa shape index (κ1) is 31.8. The number of amides is 4. The lowest BCUT2D eigenvalue weighted by Crippen LogP contribution is -2.61. The van der Waals surface area contributed by atoms with Crippen molar-refractivity contribution < 1.29 is 24.3 Å². The molecule has 0 aliphatic carbocycles. The summed E-state index contributed by atoms with van der Waals surface area (Å²) in [5.74, 6) is -2.46. The highest BCUT2D eigenvalue weighted by molar-refractivity contribution is 7.82. The van der Waals surface area contributed by atoms with E-state index < -0.39 is 34.7 Å². The Kier molecular flexibility index (Phi) is 11.4. The number of aliphatic hydroxyl groups is 1. The van der Waals surface area contributed by atoms with E-state index in [1.54, 1.807) is 0 Å². The summed E-state index contributed by atoms with van der Waals surface area (Å²) in [6.45, 7) is 0.602. The third kappa shape index (κ3) is 9.42. The first-order valence-electron chi connectivity index (χ1n) is 14.4. The standard InChI is InChI=1S/C33H38N4O5S/c38-29(17-16-23-10-4-1-5-11-23)36-27(20-24-12-6-2-7-13-24)31(40)37-28(21-26-18-19-34-30(26)39)33(42,43)32(41)35-22-25-14-8-3-9-15-25/h1-15,26-28,42-43H,16-22H2,(H,34,39)(H,35,41)(H,36,38)(H,37,40)/t26-,27-,28-,33+/m0/s1. The van der Waals surface area contributed by atoms with Crippen LogP contribution >= 0.6 is 12.6 Å². The Bertz CT molecular complexity index is 1370. The summed E-state index contributed by atoms with van der Waals surface area (Å²) < 4.78 is 0. The minimum Gasteiger partial charge on any atom is -0.369 e. The van der Waals surface area contributed by atoms with Gasteiger partial charge in [-0.15, -0.1) is 12.6 Å². The monoisotopic (exact) mass is 602 g/mol. The zero-order chi connectivity index (χ0) is 30.7. The summed E-state index contributed by atoms with van der Waals surface area (Å²) in [6, 6.07) is 25.7. The van der Waals surface area contributed by atoms with Gasteiger partial charge in [-0.05, 0) is 36.0 Å². The predicted molar refractivity (Wildman–Crippen MR) is 167 cm³/mol. The van der Waals surface area contributed by atoms with E-state index in [4.69, 9.17) is 0 Å². The Morgan fingerprint density at radius 3 is 2.05 bits per heavy atom. The van der Waals surface area contributed by atoms with Crippen LogP contribution in [-0.4, -0.2) is 52.3 Å². The lowest BCUT2D eigenvalue weighted by molar-refractivity contribution is -0.137. The average molecular weight is 603 g/mol. The van der Waals surface area contributed by atoms with Crippen LogP contribution in [0.5, 0.6) is 0 Å². The first-order chi connectivity index (χ1) is 20.7. The molecule has 0 unspecified atom stereocenters. The first-order valence-corrected chi connectivity index (χ1v) is 14.9. The van der Waals surface area contributed by atoms with E-state index in [9.17, 15) is 24.3 Å². The molecule has 43 heavy (non-hydrogen) atoms. The Labute approximate surface area is 257 Å². The summed E-state index contributed by atoms with van der Waals surface area (Å²) in [4.78, 5) is 50.0. The van der Waals surface area contributed by atoms with Gasteiger partial charge >= 0.3 is 0 Å². The zero-order valence-electron chi connectivity index (χ0n) is 23.9. The molecule has 10 heteroatoms. The Balaban J connectivity index is 1.50. The molecule has 0 aromatic heterocycles. The lowest BCUT2D eigenvalue weighted by atomic mass is 9.93. The molecular formula is C33H38N4O5S. The summed E-state index contributed by atoms with van der Waals surface area (Å²) in [5.41, 5.74) is 2.63. The van der Waals surface area contributed by atoms with Gasteiger partial charge in [-0.25, -0.2) is 0 Å². The number of nitrogens with one attached hydrogen (secondary N) is 4.